The molecule has 0 atom stereocenters. The second-order valence-corrected chi connectivity index (χ2v) is 3.85. The summed E-state index contributed by atoms with van der Waals surface area (Å²) in [6, 6.07) is 1.33. The van der Waals surface area contributed by atoms with E-state index in [0.717, 1.165) is 0 Å². The minimum atomic E-state index is -0.355. The fourth-order valence-corrected chi connectivity index (χ4v) is 1.72. The molecule has 3 nitrogen and oxygen atoms in total. The van der Waals surface area contributed by atoms with Crippen molar-refractivity contribution < 1.29 is 9.50 Å². The molecule has 0 radical (unpaired) electrons. The van der Waals surface area contributed by atoms with Crippen molar-refractivity contribution in [3.63, 3.8) is 0 Å². The maximum absolute atomic E-state index is 13.1. The van der Waals surface area contributed by atoms with E-state index in [2.05, 4.69) is 20.9 Å². The molecule has 0 aliphatic heterocycles. The van der Waals surface area contributed by atoms with Crippen LogP contribution in [0.3, 0.4) is 0 Å². The summed E-state index contributed by atoms with van der Waals surface area (Å²) in [6.07, 6.45) is 1.57. The number of hydrogen-bond acceptors (Lipinski definition) is 2. The highest BCUT2D eigenvalue weighted by Crippen LogP contribution is 2.19. The van der Waals surface area contributed by atoms with Crippen molar-refractivity contribution in [2.24, 2.45) is 0 Å². The van der Waals surface area contributed by atoms with Gasteiger partial charge in [0.25, 0.3) is 0 Å². The summed E-state index contributed by atoms with van der Waals surface area (Å²) in [5.74, 6) is -0.355. The molecule has 0 bridgehead atoms. The van der Waals surface area contributed by atoms with Crippen LogP contribution in [0.25, 0.3) is 5.65 Å². The predicted octanol–water partition coefficient (Wildman–Crippen LogP) is 2.04. The van der Waals surface area contributed by atoms with Gasteiger partial charge in [0.2, 0.25) is 0 Å². The quantitative estimate of drug-likeness (QED) is 0.850. The zero-order valence-electron chi connectivity index (χ0n) is 7.46. The predicted molar refractivity (Wildman–Crippen MR) is 53.5 cm³/mol. The van der Waals surface area contributed by atoms with E-state index >= 15 is 0 Å². The number of aliphatic hydroxyl groups excluding tert-OH is 1. The van der Waals surface area contributed by atoms with Crippen LogP contribution in [0.5, 0.6) is 0 Å². The summed E-state index contributed by atoms with van der Waals surface area (Å²) in [6.45, 7) is 1.68. The molecule has 2 heterocycles. The SMILES string of the molecule is Cc1nc2cc(F)c(Br)cn2c1CO. The fourth-order valence-electron chi connectivity index (χ4n) is 1.40. The Morgan fingerprint density at radius 1 is 1.64 bits per heavy atom. The van der Waals surface area contributed by atoms with Crippen LogP contribution in [-0.2, 0) is 6.61 Å². The topological polar surface area (TPSA) is 37.5 Å². The Balaban J connectivity index is 2.82. The first-order valence-electron chi connectivity index (χ1n) is 4.07. The highest BCUT2D eigenvalue weighted by atomic mass is 79.9. The number of rotatable bonds is 1. The third-order valence-electron chi connectivity index (χ3n) is 2.11. The minimum Gasteiger partial charge on any atom is -0.390 e. The van der Waals surface area contributed by atoms with Gasteiger partial charge in [-0.05, 0) is 22.9 Å². The highest BCUT2D eigenvalue weighted by Gasteiger charge is 2.10. The van der Waals surface area contributed by atoms with Gasteiger partial charge in [0, 0.05) is 12.3 Å². The van der Waals surface area contributed by atoms with Crippen LogP contribution < -0.4 is 0 Å². The molecule has 2 rings (SSSR count). The van der Waals surface area contributed by atoms with E-state index in [1.807, 2.05) is 0 Å². The van der Waals surface area contributed by atoms with Gasteiger partial charge < -0.3 is 9.51 Å². The van der Waals surface area contributed by atoms with E-state index in [4.69, 9.17) is 5.11 Å². The molecule has 74 valence electrons. The standard InChI is InChI=1S/C9H8BrFN2O/c1-5-8(4-14)13-3-6(10)7(11)2-9(13)12-5/h2-3,14H,4H2,1H3. The van der Waals surface area contributed by atoms with Gasteiger partial charge in [-0.1, -0.05) is 0 Å². The molecular formula is C9H8BrFN2O. The van der Waals surface area contributed by atoms with Gasteiger partial charge in [-0.25, -0.2) is 9.37 Å². The Labute approximate surface area is 88.3 Å². The Hall–Kier alpha value is -0.940. The molecule has 0 saturated heterocycles. The van der Waals surface area contributed by atoms with Crippen LogP contribution in [0.15, 0.2) is 16.7 Å². The van der Waals surface area contributed by atoms with Gasteiger partial charge in [0.05, 0.1) is 22.5 Å². The summed E-state index contributed by atoms with van der Waals surface area (Å²) in [5, 5.41) is 9.10. The van der Waals surface area contributed by atoms with Crippen LogP contribution in [-0.4, -0.2) is 14.5 Å². The summed E-state index contributed by atoms with van der Waals surface area (Å²) in [5.41, 5.74) is 1.90. The highest BCUT2D eigenvalue weighted by molar-refractivity contribution is 9.10. The van der Waals surface area contributed by atoms with Crippen LogP contribution in [0.4, 0.5) is 4.39 Å². The molecule has 1 N–H and O–H groups in total. The first kappa shape index (κ1) is 9.61. The number of aromatic nitrogens is 2. The smallest absolute Gasteiger partial charge is 0.142 e. The zero-order valence-corrected chi connectivity index (χ0v) is 9.05. The van der Waals surface area contributed by atoms with Crippen molar-refractivity contribution in [3.8, 4) is 0 Å². The molecule has 0 aliphatic rings. The Bertz CT molecular complexity index is 495. The molecule has 0 saturated carbocycles. The Morgan fingerprint density at radius 3 is 3.00 bits per heavy atom. The van der Waals surface area contributed by atoms with Gasteiger partial charge in [0.15, 0.2) is 0 Å². The second kappa shape index (κ2) is 3.33. The van der Waals surface area contributed by atoms with E-state index in [1.165, 1.54) is 6.07 Å². The van der Waals surface area contributed by atoms with Crippen LogP contribution in [0.1, 0.15) is 11.4 Å². The molecule has 0 spiro atoms. The number of aliphatic hydroxyl groups is 1. The first-order valence-corrected chi connectivity index (χ1v) is 4.86. The second-order valence-electron chi connectivity index (χ2n) is 3.00. The monoisotopic (exact) mass is 258 g/mol. The van der Waals surface area contributed by atoms with Gasteiger partial charge in [-0.3, -0.25) is 0 Å². The lowest BCUT2D eigenvalue weighted by molar-refractivity contribution is 0.275. The number of halogens is 2. The van der Waals surface area contributed by atoms with Gasteiger partial charge in [-0.2, -0.15) is 0 Å². The molecule has 0 unspecified atom stereocenters. The van der Waals surface area contributed by atoms with E-state index in [9.17, 15) is 4.39 Å². The van der Waals surface area contributed by atoms with Crippen LogP contribution >= 0.6 is 15.9 Å². The van der Waals surface area contributed by atoms with E-state index in [0.29, 0.717) is 21.5 Å². The van der Waals surface area contributed by atoms with Crippen molar-refractivity contribution in [1.82, 2.24) is 9.38 Å². The normalized spacial score (nSPS) is 11.1. The number of hydrogen-bond donors (Lipinski definition) is 1. The molecule has 0 aromatic carbocycles. The average molecular weight is 259 g/mol. The maximum atomic E-state index is 13.1. The van der Waals surface area contributed by atoms with Gasteiger partial charge in [0.1, 0.15) is 11.5 Å². The summed E-state index contributed by atoms with van der Waals surface area (Å²) < 4.78 is 15.2. The van der Waals surface area contributed by atoms with Gasteiger partial charge in [-0.15, -0.1) is 0 Å². The van der Waals surface area contributed by atoms with Crippen molar-refractivity contribution in [1.29, 1.82) is 0 Å². The van der Waals surface area contributed by atoms with Crippen molar-refractivity contribution in [2.45, 2.75) is 13.5 Å². The lowest BCUT2D eigenvalue weighted by Crippen LogP contribution is -1.94. The molecule has 0 amide bonds. The van der Waals surface area contributed by atoms with Crippen molar-refractivity contribution >= 4 is 21.6 Å². The fraction of sp³-hybridized carbons (Fsp3) is 0.222. The van der Waals surface area contributed by atoms with E-state index in [-0.39, 0.29) is 12.4 Å². The third kappa shape index (κ3) is 1.33. The first-order chi connectivity index (χ1) is 6.63. The number of imidazole rings is 1. The third-order valence-corrected chi connectivity index (χ3v) is 2.70. The van der Waals surface area contributed by atoms with E-state index < -0.39 is 0 Å². The van der Waals surface area contributed by atoms with Gasteiger partial charge >= 0.3 is 0 Å². The minimum absolute atomic E-state index is 0.106. The average Bonchev–Trinajstić information content (AvgIpc) is 2.42. The maximum Gasteiger partial charge on any atom is 0.142 e. The number of nitrogens with zero attached hydrogens (tertiary/aromatic N) is 2. The summed E-state index contributed by atoms with van der Waals surface area (Å²) in [7, 11) is 0. The number of aryl methyl sites for hydroxylation is 1. The van der Waals surface area contributed by atoms with Crippen molar-refractivity contribution in [3.05, 3.63) is 33.9 Å². The van der Waals surface area contributed by atoms with Crippen LogP contribution in [0.2, 0.25) is 0 Å². The van der Waals surface area contributed by atoms with Crippen molar-refractivity contribution in [2.75, 3.05) is 0 Å². The zero-order chi connectivity index (χ0) is 10.3. The summed E-state index contributed by atoms with van der Waals surface area (Å²) in [4.78, 5) is 4.13. The Kier molecular flexibility index (Phi) is 2.28. The molecule has 5 heteroatoms. The molecule has 14 heavy (non-hydrogen) atoms. The largest absolute Gasteiger partial charge is 0.390 e. The van der Waals surface area contributed by atoms with Crippen LogP contribution in [0, 0.1) is 12.7 Å². The number of fused-ring (bicyclic) bond motifs is 1. The lowest BCUT2D eigenvalue weighted by Gasteiger charge is -2.00. The lowest BCUT2D eigenvalue weighted by atomic mass is 10.3. The molecule has 0 aliphatic carbocycles. The summed E-state index contributed by atoms with van der Waals surface area (Å²) >= 11 is 3.08. The van der Waals surface area contributed by atoms with E-state index in [1.54, 1.807) is 17.5 Å². The molecular weight excluding hydrogens is 251 g/mol. The molecule has 2 aromatic heterocycles. The number of pyridine rings is 1. The molecule has 0 fully saturated rings. The molecule has 2 aromatic rings. The Morgan fingerprint density at radius 2 is 2.36 bits per heavy atom.